The zero-order valence-electron chi connectivity index (χ0n) is 16.2. The average Bonchev–Trinajstić information content (AvgIpc) is 2.73. The van der Waals surface area contributed by atoms with Crippen LogP contribution in [0, 0.1) is 6.92 Å². The Bertz CT molecular complexity index is 1170. The molecule has 0 saturated heterocycles. The number of methoxy groups -OCH3 is 1. The molecule has 0 fully saturated rings. The third-order valence-electron chi connectivity index (χ3n) is 4.30. The number of ether oxygens (including phenoxy) is 1. The molecule has 0 atom stereocenters. The van der Waals surface area contributed by atoms with Gasteiger partial charge in [-0.1, -0.05) is 11.6 Å². The van der Waals surface area contributed by atoms with E-state index >= 15 is 0 Å². The average molecular weight is 450 g/mol. The smallest absolute Gasteiger partial charge is 0.433 e. The molecule has 0 aliphatic carbocycles. The van der Waals surface area contributed by atoms with Crippen molar-refractivity contribution in [3.8, 4) is 11.3 Å². The van der Waals surface area contributed by atoms with Crippen LogP contribution in [-0.4, -0.2) is 29.0 Å². The molecule has 1 N–H and O–H groups in total. The first-order chi connectivity index (χ1) is 14.6. The molecule has 2 heterocycles. The number of anilines is 1. The number of halogens is 4. The van der Waals surface area contributed by atoms with Crippen LogP contribution in [0.3, 0.4) is 0 Å². The van der Waals surface area contributed by atoms with Crippen LogP contribution in [0.15, 0.2) is 48.7 Å². The lowest BCUT2D eigenvalue weighted by Gasteiger charge is -2.12. The zero-order chi connectivity index (χ0) is 22.8. The Hall–Kier alpha value is -3.46. The summed E-state index contributed by atoms with van der Waals surface area (Å²) in [4.78, 5) is 32.0. The summed E-state index contributed by atoms with van der Waals surface area (Å²) in [6, 6.07) is 9.38. The van der Waals surface area contributed by atoms with Gasteiger partial charge in [0, 0.05) is 17.4 Å². The minimum absolute atomic E-state index is 0.00434. The van der Waals surface area contributed by atoms with Gasteiger partial charge in [0.05, 0.1) is 34.6 Å². The Kier molecular flexibility index (Phi) is 6.26. The molecule has 2 aromatic heterocycles. The minimum Gasteiger partial charge on any atom is -0.465 e. The Morgan fingerprint density at radius 2 is 1.84 bits per heavy atom. The van der Waals surface area contributed by atoms with E-state index in [4.69, 9.17) is 16.3 Å². The fourth-order valence-corrected chi connectivity index (χ4v) is 2.99. The number of benzene rings is 1. The number of pyridine rings is 2. The molecule has 3 rings (SSSR count). The lowest BCUT2D eigenvalue weighted by atomic mass is 10.1. The molecule has 1 aromatic carbocycles. The van der Waals surface area contributed by atoms with Gasteiger partial charge in [0.2, 0.25) is 0 Å². The van der Waals surface area contributed by atoms with Gasteiger partial charge in [0.1, 0.15) is 5.69 Å². The van der Waals surface area contributed by atoms with E-state index in [0.717, 1.165) is 12.1 Å². The second-order valence-corrected chi connectivity index (χ2v) is 6.80. The lowest BCUT2D eigenvalue weighted by molar-refractivity contribution is -0.141. The van der Waals surface area contributed by atoms with E-state index in [-0.39, 0.29) is 16.8 Å². The maximum Gasteiger partial charge on any atom is 0.433 e. The lowest BCUT2D eigenvalue weighted by Crippen LogP contribution is -2.16. The summed E-state index contributed by atoms with van der Waals surface area (Å²) in [6.45, 7) is 1.32. The number of hydrogen-bond donors (Lipinski definition) is 1. The number of nitrogens with zero attached hydrogens (tertiary/aromatic N) is 2. The third kappa shape index (κ3) is 5.00. The highest BCUT2D eigenvalue weighted by Crippen LogP contribution is 2.31. The van der Waals surface area contributed by atoms with Crippen LogP contribution in [0.5, 0.6) is 0 Å². The number of rotatable bonds is 4. The monoisotopic (exact) mass is 449 g/mol. The highest BCUT2D eigenvalue weighted by Gasteiger charge is 2.33. The zero-order valence-corrected chi connectivity index (χ0v) is 17.0. The van der Waals surface area contributed by atoms with Crippen molar-refractivity contribution in [1.29, 1.82) is 0 Å². The summed E-state index contributed by atoms with van der Waals surface area (Å²) in [5, 5.41) is 2.92. The van der Waals surface area contributed by atoms with Crippen LogP contribution in [0.4, 0.5) is 18.9 Å². The van der Waals surface area contributed by atoms with Gasteiger partial charge in [0.25, 0.3) is 5.91 Å². The van der Waals surface area contributed by atoms with Crippen molar-refractivity contribution in [3.63, 3.8) is 0 Å². The van der Waals surface area contributed by atoms with Crippen LogP contribution < -0.4 is 5.32 Å². The molecule has 3 aromatic rings. The van der Waals surface area contributed by atoms with Gasteiger partial charge < -0.3 is 10.1 Å². The topological polar surface area (TPSA) is 81.2 Å². The fraction of sp³-hybridized carbons (Fsp3) is 0.143. The summed E-state index contributed by atoms with van der Waals surface area (Å²) in [5.41, 5.74) is 0.262. The summed E-state index contributed by atoms with van der Waals surface area (Å²) in [6.07, 6.45) is -3.18. The van der Waals surface area contributed by atoms with Gasteiger partial charge in [-0.3, -0.25) is 9.78 Å². The first kappa shape index (κ1) is 22.2. The van der Waals surface area contributed by atoms with Crippen LogP contribution in [0.25, 0.3) is 11.3 Å². The van der Waals surface area contributed by atoms with Crippen molar-refractivity contribution in [2.75, 3.05) is 12.4 Å². The molecular weight excluding hydrogens is 435 g/mol. The Morgan fingerprint density at radius 3 is 2.48 bits per heavy atom. The second-order valence-electron chi connectivity index (χ2n) is 6.40. The van der Waals surface area contributed by atoms with E-state index in [1.54, 1.807) is 0 Å². The predicted molar refractivity (Wildman–Crippen MR) is 108 cm³/mol. The molecule has 0 radical (unpaired) electrons. The number of carbonyl (C=O) groups is 2. The normalized spacial score (nSPS) is 11.2. The van der Waals surface area contributed by atoms with Gasteiger partial charge >= 0.3 is 12.1 Å². The quantitative estimate of drug-likeness (QED) is 0.556. The second kappa shape index (κ2) is 8.73. The molecule has 31 heavy (non-hydrogen) atoms. The number of esters is 1. The highest BCUT2D eigenvalue weighted by molar-refractivity contribution is 6.33. The molecule has 0 aliphatic rings. The van der Waals surface area contributed by atoms with Crippen molar-refractivity contribution < 1.29 is 27.5 Å². The minimum atomic E-state index is -4.60. The van der Waals surface area contributed by atoms with E-state index in [1.165, 1.54) is 50.6 Å². The van der Waals surface area contributed by atoms with Crippen LogP contribution in [0.2, 0.25) is 5.02 Å². The van der Waals surface area contributed by atoms with Crippen molar-refractivity contribution in [2.45, 2.75) is 13.1 Å². The van der Waals surface area contributed by atoms with Gasteiger partial charge in [0.15, 0.2) is 0 Å². The van der Waals surface area contributed by atoms with Crippen LogP contribution in [0.1, 0.15) is 32.1 Å². The SMILES string of the molecule is COC(=O)c1ccnc(-c2cc(NC(=O)c3ccc(C(F)(F)F)nc3C)ccc2Cl)c1. The molecule has 6 nitrogen and oxygen atoms in total. The van der Waals surface area contributed by atoms with Crippen molar-refractivity contribution in [1.82, 2.24) is 9.97 Å². The third-order valence-corrected chi connectivity index (χ3v) is 4.63. The Balaban J connectivity index is 1.89. The van der Waals surface area contributed by atoms with E-state index in [0.29, 0.717) is 22.0 Å². The van der Waals surface area contributed by atoms with Crippen molar-refractivity contribution in [3.05, 3.63) is 76.2 Å². The van der Waals surface area contributed by atoms with Crippen molar-refractivity contribution >= 4 is 29.2 Å². The Labute approximate surface area is 180 Å². The van der Waals surface area contributed by atoms with Gasteiger partial charge in [-0.15, -0.1) is 0 Å². The summed E-state index contributed by atoms with van der Waals surface area (Å²) >= 11 is 6.25. The molecule has 0 unspecified atom stereocenters. The van der Waals surface area contributed by atoms with Crippen LogP contribution in [-0.2, 0) is 10.9 Å². The predicted octanol–water partition coefficient (Wildman–Crippen LogP) is 5.16. The molecule has 10 heteroatoms. The van der Waals surface area contributed by atoms with E-state index < -0.39 is 23.7 Å². The van der Waals surface area contributed by atoms with E-state index in [9.17, 15) is 22.8 Å². The largest absolute Gasteiger partial charge is 0.465 e. The van der Waals surface area contributed by atoms with E-state index in [2.05, 4.69) is 15.3 Å². The maximum absolute atomic E-state index is 12.8. The molecular formula is C21H15ClF3N3O3. The first-order valence-electron chi connectivity index (χ1n) is 8.80. The number of aryl methyl sites for hydroxylation is 1. The number of hydrogen-bond acceptors (Lipinski definition) is 5. The highest BCUT2D eigenvalue weighted by atomic mass is 35.5. The molecule has 1 amide bonds. The standard InChI is InChI=1S/C21H15ClF3N3O3/c1-11-14(4-6-18(27-11)21(23,24)25)19(29)28-13-3-5-16(22)15(10-13)17-9-12(7-8-26-17)20(30)31-2/h3-10H,1-2H3,(H,28,29). The molecule has 0 aliphatic heterocycles. The molecule has 0 saturated carbocycles. The summed E-state index contributed by atoms with van der Waals surface area (Å²) in [5.74, 6) is -1.18. The molecule has 160 valence electrons. The fourth-order valence-electron chi connectivity index (χ4n) is 2.78. The van der Waals surface area contributed by atoms with Crippen molar-refractivity contribution in [2.24, 2.45) is 0 Å². The Morgan fingerprint density at radius 1 is 1.10 bits per heavy atom. The maximum atomic E-state index is 12.8. The molecule has 0 spiro atoms. The summed E-state index contributed by atoms with van der Waals surface area (Å²) < 4.78 is 43.0. The van der Waals surface area contributed by atoms with Gasteiger partial charge in [-0.2, -0.15) is 13.2 Å². The van der Waals surface area contributed by atoms with Crippen LogP contribution >= 0.6 is 11.6 Å². The first-order valence-corrected chi connectivity index (χ1v) is 9.18. The van der Waals surface area contributed by atoms with E-state index in [1.807, 2.05) is 0 Å². The number of nitrogens with one attached hydrogen (secondary N) is 1. The molecule has 0 bridgehead atoms. The number of carbonyl (C=O) groups excluding carboxylic acids is 2. The summed E-state index contributed by atoms with van der Waals surface area (Å²) in [7, 11) is 1.25. The number of aromatic nitrogens is 2. The van der Waals surface area contributed by atoms with Gasteiger partial charge in [-0.25, -0.2) is 9.78 Å². The van der Waals surface area contributed by atoms with Gasteiger partial charge in [-0.05, 0) is 49.4 Å². The number of amides is 1. The number of alkyl halides is 3.